The molecule has 0 saturated carbocycles. The minimum absolute atomic E-state index is 0.00637. The fourth-order valence-corrected chi connectivity index (χ4v) is 7.38. The van der Waals surface area contributed by atoms with E-state index in [1.54, 1.807) is 26.0 Å². The maximum Gasteiger partial charge on any atom is 0.273 e. The molecule has 242 valence electrons. The standard InChI is InChI=1S/C30H33F2N9O4S/c1-30(2)16-41(46(44,45)21-11-18(31)10-19(32)12-21)15-23-26(30)37-38-27(23)36-28(42)22-5-4-20(40-8-6-39(3)7-9-40)13-24(22)35-29(43)25-14-33-17-34-25/h4-5,10-14,17H,6-9,15-16H2,1-3H3,(H,33,34)(H,35,43)(H2,36,37,38,42). The number of aromatic amines is 2. The molecular formula is C30H33F2N9O4S. The molecule has 2 aromatic heterocycles. The molecule has 0 aliphatic carbocycles. The SMILES string of the molecule is CN1CCN(c2ccc(C(=O)Nc3n[nH]c4c3CN(S(=O)(=O)c3cc(F)cc(F)c3)CC4(C)C)c(NC(=O)c3cnc[nH]3)c2)CC1. The second kappa shape index (κ2) is 11.9. The lowest BCUT2D eigenvalue weighted by molar-refractivity contribution is 0.102. The van der Waals surface area contributed by atoms with Gasteiger partial charge in [-0.15, -0.1) is 0 Å². The Kier molecular flexibility index (Phi) is 8.12. The Morgan fingerprint density at radius 3 is 2.37 bits per heavy atom. The van der Waals surface area contributed by atoms with Crippen molar-refractivity contribution < 1.29 is 26.8 Å². The van der Waals surface area contributed by atoms with Crippen LogP contribution in [0.4, 0.5) is 26.0 Å². The summed E-state index contributed by atoms with van der Waals surface area (Å²) < 4.78 is 56.0. The van der Waals surface area contributed by atoms with E-state index in [4.69, 9.17) is 0 Å². The average molecular weight is 654 g/mol. The van der Waals surface area contributed by atoms with E-state index in [2.05, 4.69) is 40.6 Å². The molecular weight excluding hydrogens is 620 g/mol. The molecule has 2 amide bonds. The maximum atomic E-state index is 14.0. The van der Waals surface area contributed by atoms with Gasteiger partial charge in [0.1, 0.15) is 17.3 Å². The molecule has 0 spiro atoms. The number of imidazole rings is 1. The van der Waals surface area contributed by atoms with Crippen LogP contribution in [0.2, 0.25) is 0 Å². The van der Waals surface area contributed by atoms with Gasteiger partial charge >= 0.3 is 0 Å². The summed E-state index contributed by atoms with van der Waals surface area (Å²) in [4.78, 5) is 37.3. The minimum atomic E-state index is -4.32. The number of aromatic nitrogens is 4. The number of sulfonamides is 1. The lowest BCUT2D eigenvalue weighted by Gasteiger charge is -2.36. The zero-order valence-electron chi connectivity index (χ0n) is 25.4. The van der Waals surface area contributed by atoms with Gasteiger partial charge < -0.3 is 25.4 Å². The molecule has 0 bridgehead atoms. The smallest absolute Gasteiger partial charge is 0.273 e. The highest BCUT2D eigenvalue weighted by Gasteiger charge is 2.41. The van der Waals surface area contributed by atoms with E-state index >= 15 is 0 Å². The van der Waals surface area contributed by atoms with Crippen LogP contribution in [0, 0.1) is 11.6 Å². The fraction of sp³-hybridized carbons (Fsp3) is 0.333. The van der Waals surface area contributed by atoms with Crippen LogP contribution < -0.4 is 15.5 Å². The highest BCUT2D eigenvalue weighted by molar-refractivity contribution is 7.89. The summed E-state index contributed by atoms with van der Waals surface area (Å²) in [6.07, 6.45) is 2.74. The molecule has 1 fully saturated rings. The molecule has 2 aromatic carbocycles. The summed E-state index contributed by atoms with van der Waals surface area (Å²) in [6.45, 7) is 6.64. The van der Waals surface area contributed by atoms with Crippen LogP contribution in [0.5, 0.6) is 0 Å². The predicted octanol–water partition coefficient (Wildman–Crippen LogP) is 3.15. The van der Waals surface area contributed by atoms with E-state index in [0.717, 1.165) is 48.3 Å². The van der Waals surface area contributed by atoms with Crippen molar-refractivity contribution in [3.05, 3.63) is 83.1 Å². The van der Waals surface area contributed by atoms with Gasteiger partial charge in [-0.3, -0.25) is 14.7 Å². The van der Waals surface area contributed by atoms with Crippen molar-refractivity contribution in [2.24, 2.45) is 0 Å². The monoisotopic (exact) mass is 653 g/mol. The number of amides is 2. The van der Waals surface area contributed by atoms with Gasteiger partial charge in [-0.2, -0.15) is 9.40 Å². The summed E-state index contributed by atoms with van der Waals surface area (Å²) >= 11 is 0. The molecule has 6 rings (SSSR count). The van der Waals surface area contributed by atoms with Crippen LogP contribution in [0.1, 0.15) is 46.0 Å². The van der Waals surface area contributed by atoms with E-state index < -0.39 is 43.8 Å². The Morgan fingerprint density at radius 2 is 1.70 bits per heavy atom. The third kappa shape index (κ3) is 6.10. The van der Waals surface area contributed by atoms with E-state index in [-0.39, 0.29) is 35.9 Å². The van der Waals surface area contributed by atoms with Gasteiger partial charge in [-0.1, -0.05) is 13.8 Å². The normalized spacial score (nSPS) is 17.0. The molecule has 0 unspecified atom stereocenters. The topological polar surface area (TPSA) is 159 Å². The Hall–Kier alpha value is -4.67. The number of anilines is 3. The first kappa shape index (κ1) is 31.3. The molecule has 0 radical (unpaired) electrons. The third-order valence-corrected chi connectivity index (χ3v) is 10.0. The number of rotatable bonds is 7. The van der Waals surface area contributed by atoms with Crippen LogP contribution in [0.25, 0.3) is 0 Å². The lowest BCUT2D eigenvalue weighted by atomic mass is 9.84. The average Bonchev–Trinajstić information content (AvgIpc) is 3.68. The number of likely N-dealkylation sites (N-methyl/N-ethyl adjacent to an activating group) is 1. The highest BCUT2D eigenvalue weighted by Crippen LogP contribution is 2.38. The molecule has 4 aromatic rings. The number of nitrogens with one attached hydrogen (secondary N) is 4. The molecule has 46 heavy (non-hydrogen) atoms. The van der Waals surface area contributed by atoms with Crippen molar-refractivity contribution in [1.82, 2.24) is 29.4 Å². The van der Waals surface area contributed by atoms with E-state index in [9.17, 15) is 26.8 Å². The van der Waals surface area contributed by atoms with Crippen molar-refractivity contribution in [1.29, 1.82) is 0 Å². The van der Waals surface area contributed by atoms with Crippen molar-refractivity contribution in [2.75, 3.05) is 55.3 Å². The number of fused-ring (bicyclic) bond motifs is 1. The summed E-state index contributed by atoms with van der Waals surface area (Å²) in [6, 6.07) is 7.30. The number of hydrogen-bond donors (Lipinski definition) is 4. The van der Waals surface area contributed by atoms with Crippen LogP contribution in [-0.4, -0.2) is 89.4 Å². The van der Waals surface area contributed by atoms with Crippen LogP contribution in [0.3, 0.4) is 0 Å². The fourth-order valence-electron chi connectivity index (χ4n) is 5.77. The molecule has 0 atom stereocenters. The number of H-pyrrole nitrogens is 2. The van der Waals surface area contributed by atoms with Crippen molar-refractivity contribution in [3.63, 3.8) is 0 Å². The Morgan fingerprint density at radius 1 is 0.978 bits per heavy atom. The van der Waals surface area contributed by atoms with Gasteiger partial charge in [0.15, 0.2) is 5.82 Å². The number of halogens is 2. The van der Waals surface area contributed by atoms with E-state index in [1.807, 2.05) is 13.1 Å². The number of carbonyl (C=O) groups excluding carboxylic acids is 2. The van der Waals surface area contributed by atoms with Crippen LogP contribution in [-0.2, 0) is 22.0 Å². The number of hydrogen-bond acceptors (Lipinski definition) is 8. The first-order valence-corrected chi connectivity index (χ1v) is 16.0. The number of piperazine rings is 1. The van der Waals surface area contributed by atoms with E-state index in [0.29, 0.717) is 17.3 Å². The van der Waals surface area contributed by atoms with Crippen LogP contribution >= 0.6 is 0 Å². The molecule has 2 aliphatic heterocycles. The van der Waals surface area contributed by atoms with Gasteiger partial charge in [-0.25, -0.2) is 22.2 Å². The Balaban J connectivity index is 1.30. The molecule has 4 heterocycles. The predicted molar refractivity (Wildman–Crippen MR) is 166 cm³/mol. The summed E-state index contributed by atoms with van der Waals surface area (Å²) in [5.41, 5.74) is 1.67. The molecule has 1 saturated heterocycles. The third-order valence-electron chi connectivity index (χ3n) is 8.26. The van der Waals surface area contributed by atoms with Crippen molar-refractivity contribution >= 4 is 39.0 Å². The Bertz CT molecular complexity index is 1880. The molecule has 16 heteroatoms. The van der Waals surface area contributed by atoms with Crippen LogP contribution in [0.15, 0.2) is 53.8 Å². The second-order valence-corrected chi connectivity index (χ2v) is 14.0. The van der Waals surface area contributed by atoms with Gasteiger partial charge in [0, 0.05) is 67.7 Å². The minimum Gasteiger partial charge on any atom is -0.369 e. The molecule has 4 N–H and O–H groups in total. The summed E-state index contributed by atoms with van der Waals surface area (Å²) in [5.74, 6) is -3.02. The second-order valence-electron chi connectivity index (χ2n) is 12.1. The lowest BCUT2D eigenvalue weighted by Crippen LogP contribution is -2.45. The zero-order chi connectivity index (χ0) is 32.8. The first-order chi connectivity index (χ1) is 21.8. The Labute approximate surface area is 264 Å². The largest absolute Gasteiger partial charge is 0.369 e. The summed E-state index contributed by atoms with van der Waals surface area (Å²) in [5, 5.41) is 12.8. The summed E-state index contributed by atoms with van der Waals surface area (Å²) in [7, 11) is -2.27. The van der Waals surface area contributed by atoms with Crippen molar-refractivity contribution in [2.45, 2.75) is 30.7 Å². The maximum absolute atomic E-state index is 14.0. The number of carbonyl (C=O) groups is 2. The van der Waals surface area contributed by atoms with E-state index in [1.165, 1.54) is 12.5 Å². The van der Waals surface area contributed by atoms with Gasteiger partial charge in [0.25, 0.3) is 11.8 Å². The molecule has 13 nitrogen and oxygen atoms in total. The van der Waals surface area contributed by atoms with Crippen molar-refractivity contribution in [3.8, 4) is 0 Å². The highest BCUT2D eigenvalue weighted by atomic mass is 32.2. The van der Waals surface area contributed by atoms with Gasteiger partial charge in [-0.05, 0) is 37.4 Å². The zero-order valence-corrected chi connectivity index (χ0v) is 26.2. The first-order valence-electron chi connectivity index (χ1n) is 14.5. The molecule has 2 aliphatic rings. The number of benzene rings is 2. The van der Waals surface area contributed by atoms with Gasteiger partial charge in [0.05, 0.1) is 28.7 Å². The quantitative estimate of drug-likeness (QED) is 0.237. The van der Waals surface area contributed by atoms with Gasteiger partial charge in [0.2, 0.25) is 10.0 Å². The number of nitrogens with zero attached hydrogens (tertiary/aromatic N) is 5.